The van der Waals surface area contributed by atoms with Crippen LogP contribution in [0.1, 0.15) is 49.1 Å². The lowest BCUT2D eigenvalue weighted by Gasteiger charge is -2.22. The van der Waals surface area contributed by atoms with Crippen molar-refractivity contribution < 1.29 is 9.47 Å². The maximum Gasteiger partial charge on any atom is 0.183 e. The Morgan fingerprint density at radius 3 is 2.47 bits per heavy atom. The maximum absolute atomic E-state index is 5.39. The molecule has 5 heteroatoms. The van der Waals surface area contributed by atoms with Gasteiger partial charge >= 0.3 is 0 Å². The van der Waals surface area contributed by atoms with Crippen molar-refractivity contribution in [2.24, 2.45) is 0 Å². The summed E-state index contributed by atoms with van der Waals surface area (Å²) in [7, 11) is 3.32. The number of nitrogens with zero attached hydrogens (tertiary/aromatic N) is 1. The minimum Gasteiger partial charge on any atom is -0.493 e. The Labute approximate surface area is 183 Å². The molecule has 1 aliphatic rings. The zero-order chi connectivity index (χ0) is 20.8. The Morgan fingerprint density at radius 2 is 1.73 bits per heavy atom. The van der Waals surface area contributed by atoms with Gasteiger partial charge in [0.2, 0.25) is 0 Å². The highest BCUT2D eigenvalue weighted by Crippen LogP contribution is 2.34. The normalized spacial score (nSPS) is 14.5. The number of methoxy groups -OCH3 is 2. The molecule has 0 amide bonds. The second-order valence-electron chi connectivity index (χ2n) is 7.86. The number of nitrogens with one attached hydrogen (secondary N) is 1. The predicted octanol–water partition coefficient (Wildman–Crippen LogP) is 6.53. The van der Waals surface area contributed by atoms with Crippen LogP contribution in [0.4, 0.5) is 5.13 Å². The van der Waals surface area contributed by atoms with Crippen molar-refractivity contribution in [1.29, 1.82) is 0 Å². The van der Waals surface area contributed by atoms with Crippen LogP contribution in [0.2, 0.25) is 0 Å². The number of hydrogen-bond donors (Lipinski definition) is 1. The summed E-state index contributed by atoms with van der Waals surface area (Å²) < 4.78 is 10.7. The Balaban J connectivity index is 1.33. The van der Waals surface area contributed by atoms with Crippen molar-refractivity contribution in [3.63, 3.8) is 0 Å². The van der Waals surface area contributed by atoms with Crippen molar-refractivity contribution in [3.05, 3.63) is 59.0 Å². The van der Waals surface area contributed by atoms with E-state index >= 15 is 0 Å². The van der Waals surface area contributed by atoms with Crippen LogP contribution >= 0.6 is 11.3 Å². The minimum absolute atomic E-state index is 0.747. The Kier molecular flexibility index (Phi) is 6.90. The van der Waals surface area contributed by atoms with Gasteiger partial charge in [-0.05, 0) is 48.4 Å². The number of aromatic nitrogens is 1. The molecule has 158 valence electrons. The van der Waals surface area contributed by atoms with E-state index in [9.17, 15) is 0 Å². The highest BCUT2D eigenvalue weighted by molar-refractivity contribution is 7.14. The first-order valence-electron chi connectivity index (χ1n) is 10.8. The summed E-state index contributed by atoms with van der Waals surface area (Å²) in [4.78, 5) is 4.78. The van der Waals surface area contributed by atoms with Gasteiger partial charge in [-0.3, -0.25) is 0 Å². The molecular weight excluding hydrogens is 392 g/mol. The summed E-state index contributed by atoms with van der Waals surface area (Å²) in [6.45, 7) is 0.822. The molecule has 0 radical (unpaired) electrons. The Bertz CT molecular complexity index is 946. The highest BCUT2D eigenvalue weighted by atomic mass is 32.1. The van der Waals surface area contributed by atoms with Crippen molar-refractivity contribution in [3.8, 4) is 22.8 Å². The van der Waals surface area contributed by atoms with E-state index in [1.54, 1.807) is 25.6 Å². The van der Waals surface area contributed by atoms with Crippen LogP contribution in [0.5, 0.6) is 11.5 Å². The lowest BCUT2D eigenvalue weighted by Crippen LogP contribution is -2.05. The van der Waals surface area contributed by atoms with E-state index in [-0.39, 0.29) is 0 Å². The molecule has 0 atom stereocenters. The number of hydrogen-bond acceptors (Lipinski definition) is 5. The average molecular weight is 423 g/mol. The molecule has 4 nitrogen and oxygen atoms in total. The lowest BCUT2D eigenvalue weighted by molar-refractivity contribution is 0.354. The van der Waals surface area contributed by atoms with Gasteiger partial charge in [0.25, 0.3) is 0 Å². The SMILES string of the molecule is COc1ccc(CCNc2nc(-c3ccc(C4CCCCC4)cc3)cs2)cc1OC. The molecule has 0 unspecified atom stereocenters. The van der Waals surface area contributed by atoms with Gasteiger partial charge in [0, 0.05) is 17.5 Å². The van der Waals surface area contributed by atoms with Gasteiger partial charge in [-0.2, -0.15) is 0 Å². The summed E-state index contributed by atoms with van der Waals surface area (Å²) in [6.07, 6.45) is 7.71. The molecule has 0 aliphatic heterocycles. The van der Waals surface area contributed by atoms with E-state index in [0.29, 0.717) is 0 Å². The zero-order valence-electron chi connectivity index (χ0n) is 17.8. The van der Waals surface area contributed by atoms with Crippen molar-refractivity contribution >= 4 is 16.5 Å². The van der Waals surface area contributed by atoms with E-state index in [1.165, 1.54) is 48.8 Å². The molecule has 1 N–H and O–H groups in total. The molecule has 0 spiro atoms. The molecule has 0 saturated heterocycles. The smallest absolute Gasteiger partial charge is 0.183 e. The van der Waals surface area contributed by atoms with Crippen molar-refractivity contribution in [2.45, 2.75) is 44.4 Å². The van der Waals surface area contributed by atoms with E-state index in [1.807, 2.05) is 12.1 Å². The predicted molar refractivity (Wildman–Crippen MR) is 125 cm³/mol. The second-order valence-corrected chi connectivity index (χ2v) is 8.72. The van der Waals surface area contributed by atoms with E-state index < -0.39 is 0 Å². The zero-order valence-corrected chi connectivity index (χ0v) is 18.6. The van der Waals surface area contributed by atoms with Gasteiger partial charge in [-0.1, -0.05) is 49.6 Å². The van der Waals surface area contributed by atoms with E-state index in [0.717, 1.165) is 41.2 Å². The number of thiazole rings is 1. The van der Waals surface area contributed by atoms with Crippen LogP contribution in [-0.4, -0.2) is 25.7 Å². The van der Waals surface area contributed by atoms with E-state index in [2.05, 4.69) is 41.0 Å². The van der Waals surface area contributed by atoms with Crippen LogP contribution in [0.25, 0.3) is 11.3 Å². The Hall–Kier alpha value is -2.53. The quantitative estimate of drug-likeness (QED) is 0.448. The number of rotatable bonds is 8. The topological polar surface area (TPSA) is 43.4 Å². The van der Waals surface area contributed by atoms with Gasteiger partial charge in [0.05, 0.1) is 19.9 Å². The summed E-state index contributed by atoms with van der Waals surface area (Å²) in [5, 5.41) is 6.54. The molecule has 1 aliphatic carbocycles. The van der Waals surface area contributed by atoms with Gasteiger partial charge < -0.3 is 14.8 Å². The number of anilines is 1. The molecule has 0 bridgehead atoms. The monoisotopic (exact) mass is 422 g/mol. The summed E-state index contributed by atoms with van der Waals surface area (Å²) in [5.41, 5.74) is 4.93. The van der Waals surface area contributed by atoms with Crippen LogP contribution in [0.15, 0.2) is 47.8 Å². The molecule has 1 fully saturated rings. The van der Waals surface area contributed by atoms with Crippen molar-refractivity contribution in [1.82, 2.24) is 4.98 Å². The van der Waals surface area contributed by atoms with E-state index in [4.69, 9.17) is 14.5 Å². The number of ether oxygens (including phenoxy) is 2. The first-order chi connectivity index (χ1) is 14.8. The summed E-state index contributed by atoms with van der Waals surface area (Å²) in [5.74, 6) is 2.27. The third-order valence-corrected chi connectivity index (χ3v) is 6.73. The molecule has 4 rings (SSSR count). The van der Waals surface area contributed by atoms with Crippen LogP contribution < -0.4 is 14.8 Å². The van der Waals surface area contributed by atoms with Gasteiger partial charge in [-0.25, -0.2) is 4.98 Å². The number of benzene rings is 2. The fourth-order valence-electron chi connectivity index (χ4n) is 4.20. The fourth-order valence-corrected chi connectivity index (χ4v) is 4.95. The highest BCUT2D eigenvalue weighted by Gasteiger charge is 2.15. The fraction of sp³-hybridized carbons (Fsp3) is 0.400. The third-order valence-electron chi connectivity index (χ3n) is 5.93. The first-order valence-corrected chi connectivity index (χ1v) is 11.7. The molecule has 3 aromatic rings. The first kappa shape index (κ1) is 20.7. The minimum atomic E-state index is 0.747. The maximum atomic E-state index is 5.39. The van der Waals surface area contributed by atoms with Gasteiger partial charge in [0.1, 0.15) is 0 Å². The van der Waals surface area contributed by atoms with Gasteiger partial charge in [-0.15, -0.1) is 11.3 Å². The molecule has 1 heterocycles. The summed E-state index contributed by atoms with van der Waals surface area (Å²) in [6, 6.07) is 15.1. The second kappa shape index (κ2) is 9.98. The van der Waals surface area contributed by atoms with Gasteiger partial charge in [0.15, 0.2) is 16.6 Å². The largest absolute Gasteiger partial charge is 0.493 e. The van der Waals surface area contributed by atoms with Crippen LogP contribution in [0.3, 0.4) is 0 Å². The molecule has 2 aromatic carbocycles. The summed E-state index contributed by atoms with van der Waals surface area (Å²) >= 11 is 1.66. The molecule has 30 heavy (non-hydrogen) atoms. The molecule has 1 aromatic heterocycles. The lowest BCUT2D eigenvalue weighted by atomic mass is 9.84. The van der Waals surface area contributed by atoms with Crippen LogP contribution in [-0.2, 0) is 6.42 Å². The average Bonchev–Trinajstić information content (AvgIpc) is 3.28. The molecule has 1 saturated carbocycles. The molecular formula is C25H30N2O2S. The Morgan fingerprint density at radius 1 is 0.967 bits per heavy atom. The standard InChI is InChI=1S/C25H30N2O2S/c1-28-23-13-8-18(16-24(23)29-2)14-15-26-25-27-22(17-30-25)21-11-9-20(10-12-21)19-6-4-3-5-7-19/h8-13,16-17,19H,3-7,14-15H2,1-2H3,(H,26,27). The third kappa shape index (κ3) is 4.96. The van der Waals surface area contributed by atoms with Crippen LogP contribution in [0, 0.1) is 0 Å². The van der Waals surface area contributed by atoms with Crippen molar-refractivity contribution in [2.75, 3.05) is 26.1 Å².